The number of hydrazone groups is 1. The topological polar surface area (TPSA) is 52.9 Å². The second-order valence-corrected chi connectivity index (χ2v) is 5.38. The van der Waals surface area contributed by atoms with Crippen molar-refractivity contribution in [1.82, 2.24) is 0 Å². The highest BCUT2D eigenvalue weighted by molar-refractivity contribution is 6.36. The Hall–Kier alpha value is -2.83. The van der Waals surface area contributed by atoms with Crippen LogP contribution in [0.15, 0.2) is 59.7 Å². The molecule has 124 valence electrons. The third kappa shape index (κ3) is 3.10. The molecule has 3 rings (SSSR count). The summed E-state index contributed by atoms with van der Waals surface area (Å²) in [6.07, 6.45) is -4.35. The predicted octanol–water partition coefficient (Wildman–Crippen LogP) is 4.10. The van der Waals surface area contributed by atoms with E-state index in [0.717, 1.165) is 17.7 Å². The molecule has 7 heteroatoms. The third-order valence-corrected chi connectivity index (χ3v) is 3.78. The SMILES string of the molecule is O=C(O)C1=NN(c2cccc(C(F)(F)F)c2)C(c2ccccc2)C1. The quantitative estimate of drug-likeness (QED) is 0.919. The molecule has 1 aliphatic heterocycles. The molecular formula is C17H13F3N2O2. The lowest BCUT2D eigenvalue weighted by molar-refractivity contribution is -0.137. The second kappa shape index (κ2) is 5.99. The van der Waals surface area contributed by atoms with Gasteiger partial charge in [0.15, 0.2) is 0 Å². The molecule has 1 unspecified atom stereocenters. The van der Waals surface area contributed by atoms with Crippen LogP contribution < -0.4 is 5.01 Å². The van der Waals surface area contributed by atoms with Gasteiger partial charge in [0, 0.05) is 6.42 Å². The van der Waals surface area contributed by atoms with E-state index in [9.17, 15) is 23.1 Å². The largest absolute Gasteiger partial charge is 0.477 e. The molecule has 0 bridgehead atoms. The maximum atomic E-state index is 12.9. The maximum Gasteiger partial charge on any atom is 0.416 e. The number of rotatable bonds is 3. The number of carboxylic acids is 1. The lowest BCUT2D eigenvalue weighted by Crippen LogP contribution is -2.19. The fraction of sp³-hybridized carbons (Fsp3) is 0.176. The summed E-state index contributed by atoms with van der Waals surface area (Å²) in [7, 11) is 0. The van der Waals surface area contributed by atoms with Crippen LogP contribution in [-0.4, -0.2) is 16.8 Å². The summed E-state index contributed by atoms with van der Waals surface area (Å²) in [4.78, 5) is 11.2. The van der Waals surface area contributed by atoms with E-state index in [2.05, 4.69) is 5.10 Å². The zero-order chi connectivity index (χ0) is 17.3. The molecule has 24 heavy (non-hydrogen) atoms. The molecule has 0 aromatic heterocycles. The van der Waals surface area contributed by atoms with Crippen LogP contribution in [-0.2, 0) is 11.0 Å². The molecule has 4 nitrogen and oxygen atoms in total. The molecule has 0 saturated carbocycles. The van der Waals surface area contributed by atoms with E-state index >= 15 is 0 Å². The lowest BCUT2D eigenvalue weighted by Gasteiger charge is -2.24. The van der Waals surface area contributed by atoms with Gasteiger partial charge in [-0.2, -0.15) is 18.3 Å². The normalized spacial score (nSPS) is 17.7. The first-order valence-corrected chi connectivity index (χ1v) is 7.18. The standard InChI is InChI=1S/C17H13F3N2O2/c18-17(19,20)12-7-4-8-13(9-12)22-15(10-14(21-22)16(23)24)11-5-2-1-3-6-11/h1-9,15H,10H2,(H,23,24). The van der Waals surface area contributed by atoms with Gasteiger partial charge in [-0.15, -0.1) is 0 Å². The molecule has 1 N–H and O–H groups in total. The minimum absolute atomic E-state index is 0.0822. The fourth-order valence-corrected chi connectivity index (χ4v) is 2.64. The molecule has 0 amide bonds. The van der Waals surface area contributed by atoms with Crippen LogP contribution >= 0.6 is 0 Å². The number of halogens is 3. The van der Waals surface area contributed by atoms with Crippen molar-refractivity contribution >= 4 is 17.4 Å². The van der Waals surface area contributed by atoms with Gasteiger partial charge in [-0.1, -0.05) is 36.4 Å². The molecule has 2 aromatic rings. The number of carboxylic acid groups (broad SMARTS) is 1. The Kier molecular flexibility index (Phi) is 4.01. The smallest absolute Gasteiger partial charge is 0.416 e. The van der Waals surface area contributed by atoms with Crippen LogP contribution in [0.3, 0.4) is 0 Å². The summed E-state index contributed by atoms with van der Waals surface area (Å²) < 4.78 is 38.8. The summed E-state index contributed by atoms with van der Waals surface area (Å²) in [5.74, 6) is -1.18. The number of hydrogen-bond acceptors (Lipinski definition) is 3. The lowest BCUT2D eigenvalue weighted by atomic mass is 10.0. The average molecular weight is 334 g/mol. The minimum Gasteiger partial charge on any atom is -0.477 e. The molecule has 1 heterocycles. The molecular weight excluding hydrogens is 321 g/mol. The summed E-state index contributed by atoms with van der Waals surface area (Å²) >= 11 is 0. The zero-order valence-electron chi connectivity index (χ0n) is 12.4. The molecule has 0 radical (unpaired) electrons. The Bertz CT molecular complexity index is 788. The Labute approximate surface area is 135 Å². The molecule has 1 atom stereocenters. The monoisotopic (exact) mass is 334 g/mol. The molecule has 0 fully saturated rings. The van der Waals surface area contributed by atoms with E-state index < -0.39 is 23.8 Å². The summed E-state index contributed by atoms with van der Waals surface area (Å²) in [6.45, 7) is 0. The van der Waals surface area contributed by atoms with Gasteiger partial charge in [-0.25, -0.2) is 4.79 Å². The maximum absolute atomic E-state index is 12.9. The van der Waals surface area contributed by atoms with E-state index in [1.807, 2.05) is 6.07 Å². The molecule has 0 aliphatic carbocycles. The van der Waals surface area contributed by atoms with Crippen LogP contribution in [0.2, 0.25) is 0 Å². The van der Waals surface area contributed by atoms with E-state index in [0.29, 0.717) is 0 Å². The average Bonchev–Trinajstić information content (AvgIpc) is 3.01. The summed E-state index contributed by atoms with van der Waals surface area (Å²) in [5, 5.41) is 14.6. The van der Waals surface area contributed by atoms with Crippen LogP contribution in [0, 0.1) is 0 Å². The Balaban J connectivity index is 2.03. The van der Waals surface area contributed by atoms with Crippen LogP contribution in [0.4, 0.5) is 18.9 Å². The highest BCUT2D eigenvalue weighted by Crippen LogP contribution is 2.38. The van der Waals surface area contributed by atoms with Gasteiger partial charge in [0.2, 0.25) is 0 Å². The van der Waals surface area contributed by atoms with Gasteiger partial charge in [0.25, 0.3) is 0 Å². The summed E-state index contributed by atoms with van der Waals surface area (Å²) in [6, 6.07) is 13.2. The second-order valence-electron chi connectivity index (χ2n) is 5.38. The first-order valence-electron chi connectivity index (χ1n) is 7.18. The van der Waals surface area contributed by atoms with Crippen molar-refractivity contribution in [2.45, 2.75) is 18.6 Å². The predicted molar refractivity (Wildman–Crippen MR) is 82.8 cm³/mol. The zero-order valence-corrected chi connectivity index (χ0v) is 12.4. The Morgan fingerprint density at radius 2 is 1.83 bits per heavy atom. The molecule has 0 saturated heterocycles. The number of aliphatic carboxylic acids is 1. The van der Waals surface area contributed by atoms with E-state index in [4.69, 9.17) is 0 Å². The van der Waals surface area contributed by atoms with Crippen molar-refractivity contribution in [3.8, 4) is 0 Å². The number of alkyl halides is 3. The van der Waals surface area contributed by atoms with E-state index in [1.54, 1.807) is 24.3 Å². The van der Waals surface area contributed by atoms with Crippen molar-refractivity contribution < 1.29 is 23.1 Å². The van der Waals surface area contributed by atoms with Crippen molar-refractivity contribution in [2.24, 2.45) is 5.10 Å². The van der Waals surface area contributed by atoms with Gasteiger partial charge in [0.1, 0.15) is 5.71 Å². The van der Waals surface area contributed by atoms with Crippen molar-refractivity contribution in [2.75, 3.05) is 5.01 Å². The van der Waals surface area contributed by atoms with E-state index in [1.165, 1.54) is 17.1 Å². The Morgan fingerprint density at radius 1 is 1.12 bits per heavy atom. The highest BCUT2D eigenvalue weighted by atomic mass is 19.4. The number of carbonyl (C=O) groups is 1. The first kappa shape index (κ1) is 16.0. The minimum atomic E-state index is -4.47. The molecule has 2 aromatic carbocycles. The van der Waals surface area contributed by atoms with Gasteiger partial charge in [0.05, 0.1) is 17.3 Å². The number of anilines is 1. The van der Waals surface area contributed by atoms with Crippen LogP contribution in [0.1, 0.15) is 23.6 Å². The molecule has 0 spiro atoms. The van der Waals surface area contributed by atoms with Crippen molar-refractivity contribution in [3.05, 3.63) is 65.7 Å². The molecule has 1 aliphatic rings. The summed E-state index contributed by atoms with van der Waals surface area (Å²) in [5.41, 5.74) is 0.108. The third-order valence-electron chi connectivity index (χ3n) is 3.78. The van der Waals surface area contributed by atoms with Gasteiger partial charge < -0.3 is 5.11 Å². The van der Waals surface area contributed by atoms with Gasteiger partial charge in [-0.3, -0.25) is 5.01 Å². The van der Waals surface area contributed by atoms with Crippen LogP contribution in [0.5, 0.6) is 0 Å². The first-order chi connectivity index (χ1) is 11.4. The highest BCUT2D eigenvalue weighted by Gasteiger charge is 2.35. The van der Waals surface area contributed by atoms with Crippen molar-refractivity contribution in [1.29, 1.82) is 0 Å². The number of nitrogens with zero attached hydrogens (tertiary/aromatic N) is 2. The van der Waals surface area contributed by atoms with Gasteiger partial charge in [-0.05, 0) is 23.8 Å². The Morgan fingerprint density at radius 3 is 2.46 bits per heavy atom. The fourth-order valence-electron chi connectivity index (χ4n) is 2.64. The van der Waals surface area contributed by atoms with Gasteiger partial charge >= 0.3 is 12.1 Å². The van der Waals surface area contributed by atoms with Crippen molar-refractivity contribution in [3.63, 3.8) is 0 Å². The number of hydrogen-bond donors (Lipinski definition) is 1. The number of benzene rings is 2. The van der Waals surface area contributed by atoms with E-state index in [-0.39, 0.29) is 17.8 Å². The van der Waals surface area contributed by atoms with Crippen LogP contribution in [0.25, 0.3) is 0 Å².